The van der Waals surface area contributed by atoms with Crippen LogP contribution in [0.15, 0.2) is 0 Å². The Labute approximate surface area is 61.3 Å². The van der Waals surface area contributed by atoms with Crippen molar-refractivity contribution >= 4 is 11.6 Å². The monoisotopic (exact) mass is 148 g/mol. The second-order valence-electron chi connectivity index (χ2n) is 2.88. The molecule has 1 nitrogen and oxygen atoms in total. The Morgan fingerprint density at radius 1 is 1.56 bits per heavy atom. The van der Waals surface area contributed by atoms with Crippen LogP contribution in [-0.4, -0.2) is 18.1 Å². The van der Waals surface area contributed by atoms with E-state index in [0.717, 1.165) is 13.0 Å². The van der Waals surface area contributed by atoms with Gasteiger partial charge in [-0.3, -0.25) is 0 Å². The molecule has 0 aliphatic carbocycles. The number of hydrogen-bond donors (Lipinski definition) is 0. The van der Waals surface area contributed by atoms with Gasteiger partial charge in [0.05, 0.1) is 11.5 Å². The molecule has 1 fully saturated rings. The Hall–Kier alpha value is 0.250. The molecule has 0 amide bonds. The first-order valence-electron chi connectivity index (χ1n) is 3.47. The summed E-state index contributed by atoms with van der Waals surface area (Å²) in [5.41, 5.74) is 0. The summed E-state index contributed by atoms with van der Waals surface area (Å²) < 4.78 is 5.39. The molecule has 1 saturated heterocycles. The van der Waals surface area contributed by atoms with Gasteiger partial charge in [-0.15, -0.1) is 11.6 Å². The maximum atomic E-state index is 5.95. The van der Waals surface area contributed by atoms with E-state index in [0.29, 0.717) is 12.0 Å². The molecule has 2 heteroatoms. The van der Waals surface area contributed by atoms with Gasteiger partial charge in [0.1, 0.15) is 0 Å². The van der Waals surface area contributed by atoms with Gasteiger partial charge in [0.25, 0.3) is 0 Å². The lowest BCUT2D eigenvalue weighted by atomic mass is 10.0. The first kappa shape index (κ1) is 7.36. The molecular formula is C7H13ClO. The van der Waals surface area contributed by atoms with Crippen molar-refractivity contribution in [2.45, 2.75) is 31.7 Å². The third kappa shape index (κ3) is 1.59. The second kappa shape index (κ2) is 2.89. The van der Waals surface area contributed by atoms with Gasteiger partial charge in [-0.1, -0.05) is 13.8 Å². The van der Waals surface area contributed by atoms with E-state index in [4.69, 9.17) is 16.3 Å². The maximum Gasteiger partial charge on any atom is 0.0762 e. The van der Waals surface area contributed by atoms with Crippen molar-refractivity contribution in [1.82, 2.24) is 0 Å². The lowest BCUT2D eigenvalue weighted by Gasteiger charge is -2.16. The molecule has 0 radical (unpaired) electrons. The molecule has 0 unspecified atom stereocenters. The molecule has 54 valence electrons. The van der Waals surface area contributed by atoms with Crippen LogP contribution in [0.5, 0.6) is 0 Å². The molecule has 1 aliphatic rings. The van der Waals surface area contributed by atoms with Gasteiger partial charge in [-0.2, -0.15) is 0 Å². The predicted octanol–water partition coefficient (Wildman–Crippen LogP) is 2.04. The molecule has 0 saturated carbocycles. The van der Waals surface area contributed by atoms with Crippen molar-refractivity contribution < 1.29 is 4.74 Å². The van der Waals surface area contributed by atoms with Crippen molar-refractivity contribution in [3.63, 3.8) is 0 Å². The van der Waals surface area contributed by atoms with Crippen LogP contribution in [0.2, 0.25) is 0 Å². The summed E-state index contributed by atoms with van der Waals surface area (Å²) in [6, 6.07) is 0. The molecule has 1 rings (SSSR count). The van der Waals surface area contributed by atoms with Gasteiger partial charge in [-0.25, -0.2) is 0 Å². The third-order valence-electron chi connectivity index (χ3n) is 1.72. The zero-order valence-electron chi connectivity index (χ0n) is 5.93. The average molecular weight is 149 g/mol. The molecule has 2 atom stereocenters. The SMILES string of the molecule is CC(C)[C@H]1OCC[C@H]1Cl. The highest BCUT2D eigenvalue weighted by Crippen LogP contribution is 2.24. The molecule has 0 spiro atoms. The topological polar surface area (TPSA) is 9.23 Å². The minimum atomic E-state index is 0.255. The van der Waals surface area contributed by atoms with Crippen LogP contribution < -0.4 is 0 Å². The quantitative estimate of drug-likeness (QED) is 0.518. The Morgan fingerprint density at radius 3 is 2.44 bits per heavy atom. The van der Waals surface area contributed by atoms with Crippen molar-refractivity contribution in [3.05, 3.63) is 0 Å². The number of halogens is 1. The minimum Gasteiger partial charge on any atom is -0.376 e. The van der Waals surface area contributed by atoms with Gasteiger partial charge < -0.3 is 4.74 Å². The summed E-state index contributed by atoms with van der Waals surface area (Å²) in [6.07, 6.45) is 1.32. The number of ether oxygens (including phenoxy) is 1. The normalized spacial score (nSPS) is 36.0. The van der Waals surface area contributed by atoms with E-state index in [1.165, 1.54) is 0 Å². The van der Waals surface area contributed by atoms with Crippen LogP contribution in [0.25, 0.3) is 0 Å². The summed E-state index contributed by atoms with van der Waals surface area (Å²) >= 11 is 5.95. The van der Waals surface area contributed by atoms with Crippen LogP contribution in [0.4, 0.5) is 0 Å². The van der Waals surface area contributed by atoms with Gasteiger partial charge in [0.15, 0.2) is 0 Å². The molecule has 1 heterocycles. The van der Waals surface area contributed by atoms with Crippen molar-refractivity contribution in [3.8, 4) is 0 Å². The molecular weight excluding hydrogens is 136 g/mol. The maximum absolute atomic E-state index is 5.95. The average Bonchev–Trinajstić information content (AvgIpc) is 2.13. The van der Waals surface area contributed by atoms with Crippen molar-refractivity contribution in [2.75, 3.05) is 6.61 Å². The molecule has 0 aromatic heterocycles. The van der Waals surface area contributed by atoms with Gasteiger partial charge in [-0.05, 0) is 12.3 Å². The summed E-state index contributed by atoms with van der Waals surface area (Å²) in [5, 5.41) is 0.255. The predicted molar refractivity (Wildman–Crippen MR) is 38.8 cm³/mol. The van der Waals surface area contributed by atoms with Crippen molar-refractivity contribution in [2.24, 2.45) is 5.92 Å². The summed E-state index contributed by atoms with van der Waals surface area (Å²) in [6.45, 7) is 5.13. The zero-order chi connectivity index (χ0) is 6.85. The largest absolute Gasteiger partial charge is 0.376 e. The molecule has 0 bridgehead atoms. The molecule has 0 N–H and O–H groups in total. The van der Waals surface area contributed by atoms with Crippen LogP contribution >= 0.6 is 11.6 Å². The fourth-order valence-corrected chi connectivity index (χ4v) is 1.65. The van der Waals surface area contributed by atoms with Crippen LogP contribution in [-0.2, 0) is 4.74 Å². The van der Waals surface area contributed by atoms with Gasteiger partial charge >= 0.3 is 0 Å². The second-order valence-corrected chi connectivity index (χ2v) is 3.44. The first-order chi connectivity index (χ1) is 4.22. The Kier molecular flexibility index (Phi) is 2.36. The summed E-state index contributed by atoms with van der Waals surface area (Å²) in [5.74, 6) is 0.565. The van der Waals surface area contributed by atoms with E-state index in [2.05, 4.69) is 13.8 Å². The molecule has 1 aliphatic heterocycles. The minimum absolute atomic E-state index is 0.255. The number of hydrogen-bond acceptors (Lipinski definition) is 1. The highest BCUT2D eigenvalue weighted by molar-refractivity contribution is 6.21. The Bertz CT molecular complexity index is 92.9. The lowest BCUT2D eigenvalue weighted by molar-refractivity contribution is 0.0772. The summed E-state index contributed by atoms with van der Waals surface area (Å²) in [7, 11) is 0. The molecule has 0 aromatic rings. The zero-order valence-corrected chi connectivity index (χ0v) is 6.69. The number of alkyl halides is 1. The van der Waals surface area contributed by atoms with E-state index in [1.54, 1.807) is 0 Å². The number of rotatable bonds is 1. The Balaban J connectivity index is 2.40. The van der Waals surface area contributed by atoms with E-state index < -0.39 is 0 Å². The van der Waals surface area contributed by atoms with E-state index in [-0.39, 0.29) is 5.38 Å². The van der Waals surface area contributed by atoms with Crippen LogP contribution in [0.3, 0.4) is 0 Å². The summed E-state index contributed by atoms with van der Waals surface area (Å²) in [4.78, 5) is 0. The van der Waals surface area contributed by atoms with Crippen LogP contribution in [0.1, 0.15) is 20.3 Å². The highest BCUT2D eigenvalue weighted by atomic mass is 35.5. The highest BCUT2D eigenvalue weighted by Gasteiger charge is 2.28. The third-order valence-corrected chi connectivity index (χ3v) is 2.18. The van der Waals surface area contributed by atoms with E-state index in [1.807, 2.05) is 0 Å². The smallest absolute Gasteiger partial charge is 0.0762 e. The standard InChI is InChI=1S/C7H13ClO/c1-5(2)7-6(8)3-4-9-7/h5-7H,3-4H2,1-2H3/t6-,7-/m1/s1. The van der Waals surface area contributed by atoms with Gasteiger partial charge in [0, 0.05) is 6.61 Å². The lowest BCUT2D eigenvalue weighted by Crippen LogP contribution is -2.22. The molecule has 9 heavy (non-hydrogen) atoms. The fourth-order valence-electron chi connectivity index (χ4n) is 1.20. The van der Waals surface area contributed by atoms with Crippen molar-refractivity contribution in [1.29, 1.82) is 0 Å². The van der Waals surface area contributed by atoms with E-state index in [9.17, 15) is 0 Å². The van der Waals surface area contributed by atoms with E-state index >= 15 is 0 Å². The Morgan fingerprint density at radius 2 is 2.22 bits per heavy atom. The first-order valence-corrected chi connectivity index (χ1v) is 3.91. The van der Waals surface area contributed by atoms with Crippen LogP contribution in [0, 0.1) is 5.92 Å². The fraction of sp³-hybridized carbons (Fsp3) is 1.00. The van der Waals surface area contributed by atoms with Gasteiger partial charge in [0.2, 0.25) is 0 Å². The molecule has 0 aromatic carbocycles.